The van der Waals surface area contributed by atoms with Gasteiger partial charge in [0.1, 0.15) is 17.1 Å². The first-order valence-electron chi connectivity index (χ1n) is 9.97. The van der Waals surface area contributed by atoms with E-state index in [1.54, 1.807) is 11.3 Å². The third-order valence-electron chi connectivity index (χ3n) is 6.03. The Morgan fingerprint density at radius 1 is 1.41 bits per heavy atom. The van der Waals surface area contributed by atoms with Crippen molar-refractivity contribution in [2.24, 2.45) is 7.05 Å². The standard InChI is InChI=1S/C21H26N4OS/c1-24-11-4-7-17(24)18-8-5-12-25(18)13-10-20(26)23-21-16(14-22)15-6-2-3-9-19(15)27-21/h4,7,11,18H,2-3,5-6,8-10,12-13H2,1H3,(H,23,26)/p+1/t18-/m0/s1. The molecule has 0 aromatic carbocycles. The van der Waals surface area contributed by atoms with Crippen LogP contribution in [0.1, 0.15) is 59.8 Å². The molecule has 2 aromatic rings. The van der Waals surface area contributed by atoms with Crippen molar-refractivity contribution in [2.75, 3.05) is 18.4 Å². The number of aryl methyl sites for hydroxylation is 2. The number of fused-ring (bicyclic) bond motifs is 1. The Bertz CT molecular complexity index is 875. The van der Waals surface area contributed by atoms with E-state index in [-0.39, 0.29) is 5.91 Å². The van der Waals surface area contributed by atoms with E-state index in [9.17, 15) is 10.1 Å². The summed E-state index contributed by atoms with van der Waals surface area (Å²) < 4.78 is 2.20. The number of hydrogen-bond donors (Lipinski definition) is 2. The number of quaternary nitrogens is 1. The molecule has 2 aliphatic rings. The van der Waals surface area contributed by atoms with Gasteiger partial charge in [-0.15, -0.1) is 11.3 Å². The molecule has 4 rings (SSSR count). The van der Waals surface area contributed by atoms with E-state index in [4.69, 9.17) is 0 Å². The molecule has 3 heterocycles. The van der Waals surface area contributed by atoms with Gasteiger partial charge in [0, 0.05) is 31.0 Å². The molecule has 142 valence electrons. The van der Waals surface area contributed by atoms with Crippen LogP contribution in [0.2, 0.25) is 0 Å². The van der Waals surface area contributed by atoms with Crippen LogP contribution in [-0.2, 0) is 24.7 Å². The van der Waals surface area contributed by atoms with Crippen molar-refractivity contribution in [3.8, 4) is 6.07 Å². The summed E-state index contributed by atoms with van der Waals surface area (Å²) in [6, 6.07) is 7.11. The summed E-state index contributed by atoms with van der Waals surface area (Å²) in [5.41, 5.74) is 3.25. The number of carbonyl (C=O) groups is 1. The van der Waals surface area contributed by atoms with E-state index in [1.165, 1.54) is 40.3 Å². The van der Waals surface area contributed by atoms with Gasteiger partial charge in [0.2, 0.25) is 5.91 Å². The van der Waals surface area contributed by atoms with Gasteiger partial charge in [0.25, 0.3) is 0 Å². The van der Waals surface area contributed by atoms with Crippen LogP contribution in [0.5, 0.6) is 0 Å². The Hall–Kier alpha value is -2.10. The average Bonchev–Trinajstić information content (AvgIpc) is 3.37. The van der Waals surface area contributed by atoms with Crippen molar-refractivity contribution in [3.63, 3.8) is 0 Å². The molecule has 1 fully saturated rings. The lowest BCUT2D eigenvalue weighted by molar-refractivity contribution is -0.918. The van der Waals surface area contributed by atoms with Crippen molar-refractivity contribution in [1.29, 1.82) is 5.26 Å². The van der Waals surface area contributed by atoms with E-state index >= 15 is 0 Å². The molecule has 6 heteroatoms. The van der Waals surface area contributed by atoms with Crippen molar-refractivity contribution in [2.45, 2.75) is 51.0 Å². The average molecular weight is 384 g/mol. The van der Waals surface area contributed by atoms with Crippen LogP contribution < -0.4 is 10.2 Å². The number of carbonyl (C=O) groups excluding carboxylic acids is 1. The number of anilines is 1. The SMILES string of the molecule is Cn1cccc1[C@@H]1CCC[NH+]1CCC(=O)Nc1sc2c(c1C#N)CCCC2. The summed E-state index contributed by atoms with van der Waals surface area (Å²) in [7, 11) is 2.10. The first-order chi connectivity index (χ1) is 13.2. The number of aromatic nitrogens is 1. The van der Waals surface area contributed by atoms with E-state index in [1.807, 2.05) is 0 Å². The van der Waals surface area contributed by atoms with Crippen LogP contribution in [-0.4, -0.2) is 23.6 Å². The number of rotatable bonds is 5. The molecule has 0 bridgehead atoms. The third kappa shape index (κ3) is 3.67. The Morgan fingerprint density at radius 3 is 3.04 bits per heavy atom. The molecule has 0 spiro atoms. The topological polar surface area (TPSA) is 62.3 Å². The van der Waals surface area contributed by atoms with E-state index in [0.29, 0.717) is 18.0 Å². The number of amides is 1. The summed E-state index contributed by atoms with van der Waals surface area (Å²) in [6.45, 7) is 1.97. The molecule has 1 unspecified atom stereocenters. The van der Waals surface area contributed by atoms with Gasteiger partial charge in [0.05, 0.1) is 30.8 Å². The number of likely N-dealkylation sites (tertiary alicyclic amines) is 1. The van der Waals surface area contributed by atoms with Crippen molar-refractivity contribution in [3.05, 3.63) is 40.0 Å². The molecular formula is C21H27N4OS+. The molecule has 1 amide bonds. The van der Waals surface area contributed by atoms with Gasteiger partial charge in [-0.25, -0.2) is 0 Å². The van der Waals surface area contributed by atoms with Crippen molar-refractivity contribution < 1.29 is 9.69 Å². The minimum atomic E-state index is 0.0372. The normalized spacial score (nSPS) is 21.6. The summed E-state index contributed by atoms with van der Waals surface area (Å²) in [4.78, 5) is 15.4. The van der Waals surface area contributed by atoms with Crippen LogP contribution >= 0.6 is 11.3 Å². The van der Waals surface area contributed by atoms with Crippen LogP contribution in [0.15, 0.2) is 18.3 Å². The molecule has 2 N–H and O–H groups in total. The van der Waals surface area contributed by atoms with Gasteiger partial charge >= 0.3 is 0 Å². The maximum absolute atomic E-state index is 12.6. The van der Waals surface area contributed by atoms with Crippen LogP contribution in [0, 0.1) is 11.3 Å². The highest BCUT2D eigenvalue weighted by Gasteiger charge is 2.31. The Labute approximate surface area is 164 Å². The van der Waals surface area contributed by atoms with E-state index < -0.39 is 0 Å². The fraction of sp³-hybridized carbons (Fsp3) is 0.524. The third-order valence-corrected chi connectivity index (χ3v) is 7.24. The second kappa shape index (κ2) is 7.87. The Morgan fingerprint density at radius 2 is 2.26 bits per heavy atom. The molecule has 0 saturated carbocycles. The monoisotopic (exact) mass is 383 g/mol. The highest BCUT2D eigenvalue weighted by molar-refractivity contribution is 7.16. The lowest BCUT2D eigenvalue weighted by Crippen LogP contribution is -3.10. The van der Waals surface area contributed by atoms with Crippen LogP contribution in [0.4, 0.5) is 5.00 Å². The quantitative estimate of drug-likeness (QED) is 0.834. The Kier molecular flexibility index (Phi) is 5.33. The predicted octanol–water partition coefficient (Wildman–Crippen LogP) is 2.59. The van der Waals surface area contributed by atoms with E-state index in [2.05, 4.69) is 41.3 Å². The molecule has 1 aliphatic heterocycles. The molecule has 0 radical (unpaired) electrons. The lowest BCUT2D eigenvalue weighted by Gasteiger charge is -2.22. The number of thiophene rings is 1. The second-order valence-electron chi connectivity index (χ2n) is 7.72. The number of hydrogen-bond acceptors (Lipinski definition) is 3. The number of nitrogens with zero attached hydrogens (tertiary/aromatic N) is 2. The molecule has 1 saturated heterocycles. The largest absolute Gasteiger partial charge is 0.350 e. The lowest BCUT2D eigenvalue weighted by atomic mass is 9.96. The van der Waals surface area contributed by atoms with Crippen LogP contribution in [0.25, 0.3) is 0 Å². The fourth-order valence-corrected chi connectivity index (χ4v) is 5.90. The predicted molar refractivity (Wildman–Crippen MR) is 107 cm³/mol. The highest BCUT2D eigenvalue weighted by atomic mass is 32.1. The minimum Gasteiger partial charge on any atom is -0.350 e. The zero-order valence-corrected chi connectivity index (χ0v) is 16.7. The fourth-order valence-electron chi connectivity index (χ4n) is 4.64. The summed E-state index contributed by atoms with van der Waals surface area (Å²) in [6.07, 6.45) is 9.34. The molecule has 5 nitrogen and oxygen atoms in total. The highest BCUT2D eigenvalue weighted by Crippen LogP contribution is 2.37. The zero-order valence-electron chi connectivity index (χ0n) is 15.9. The molecular weight excluding hydrogens is 356 g/mol. The molecule has 2 aromatic heterocycles. The van der Waals surface area contributed by atoms with Crippen molar-refractivity contribution in [1.82, 2.24) is 4.57 Å². The smallest absolute Gasteiger partial charge is 0.230 e. The van der Waals surface area contributed by atoms with Gasteiger partial charge in [-0.3, -0.25) is 4.79 Å². The minimum absolute atomic E-state index is 0.0372. The first kappa shape index (κ1) is 18.3. The summed E-state index contributed by atoms with van der Waals surface area (Å²) in [5, 5.41) is 13.4. The molecule has 2 atom stereocenters. The van der Waals surface area contributed by atoms with Gasteiger partial charge in [-0.2, -0.15) is 5.26 Å². The van der Waals surface area contributed by atoms with Crippen LogP contribution in [0.3, 0.4) is 0 Å². The van der Waals surface area contributed by atoms with Gasteiger partial charge in [-0.1, -0.05) is 0 Å². The maximum Gasteiger partial charge on any atom is 0.230 e. The zero-order chi connectivity index (χ0) is 18.8. The van der Waals surface area contributed by atoms with Crippen molar-refractivity contribution >= 4 is 22.2 Å². The van der Waals surface area contributed by atoms with Gasteiger partial charge < -0.3 is 14.8 Å². The summed E-state index contributed by atoms with van der Waals surface area (Å²) in [5.74, 6) is 0.0372. The second-order valence-corrected chi connectivity index (χ2v) is 8.83. The van der Waals surface area contributed by atoms with Gasteiger partial charge in [0.15, 0.2) is 0 Å². The first-order valence-corrected chi connectivity index (χ1v) is 10.8. The number of nitrogens with one attached hydrogen (secondary N) is 2. The molecule has 27 heavy (non-hydrogen) atoms. The maximum atomic E-state index is 12.6. The number of nitriles is 1. The molecule has 1 aliphatic carbocycles. The van der Waals surface area contributed by atoms with Gasteiger partial charge in [-0.05, 0) is 43.4 Å². The summed E-state index contributed by atoms with van der Waals surface area (Å²) >= 11 is 1.61. The Balaban J connectivity index is 1.38. The van der Waals surface area contributed by atoms with E-state index in [0.717, 1.165) is 37.4 Å².